The number of benzene rings is 3. The van der Waals surface area contributed by atoms with Crippen molar-refractivity contribution in [1.82, 2.24) is 4.98 Å². The third-order valence-electron chi connectivity index (χ3n) is 6.39. The summed E-state index contributed by atoms with van der Waals surface area (Å²) in [5, 5.41) is 12.5. The zero-order valence-corrected chi connectivity index (χ0v) is 22.7. The maximum absolute atomic E-state index is 9.28. The van der Waals surface area contributed by atoms with Crippen molar-refractivity contribution in [3.63, 3.8) is 0 Å². The van der Waals surface area contributed by atoms with Crippen LogP contribution in [0.15, 0.2) is 96.6 Å². The summed E-state index contributed by atoms with van der Waals surface area (Å²) in [6, 6.07) is 27.0. The summed E-state index contributed by atoms with van der Waals surface area (Å²) in [5.41, 5.74) is 11.4. The first kappa shape index (κ1) is 27.4. The molecule has 1 heterocycles. The predicted molar refractivity (Wildman–Crippen MR) is 159 cm³/mol. The zero-order chi connectivity index (χ0) is 26.6. The summed E-state index contributed by atoms with van der Waals surface area (Å²) in [5.74, 6) is 1.05. The van der Waals surface area contributed by atoms with Crippen LogP contribution in [0.1, 0.15) is 42.4 Å². The first-order chi connectivity index (χ1) is 18.6. The lowest BCUT2D eigenvalue weighted by Crippen LogP contribution is -2.24. The first-order valence-electron chi connectivity index (χ1n) is 13.2. The molecule has 0 bridgehead atoms. The van der Waals surface area contributed by atoms with E-state index in [-0.39, 0.29) is 5.76 Å². The van der Waals surface area contributed by atoms with Crippen molar-refractivity contribution < 1.29 is 9.84 Å². The van der Waals surface area contributed by atoms with E-state index in [9.17, 15) is 5.11 Å². The molecule has 0 fully saturated rings. The number of aliphatic hydroxyl groups is 1. The maximum atomic E-state index is 9.28. The smallest absolute Gasteiger partial charge is 0.186 e. The number of unbranched alkanes of at least 4 members (excludes halogenated alkanes) is 2. The van der Waals surface area contributed by atoms with E-state index in [4.69, 9.17) is 15.5 Å². The number of hydrogen-bond donors (Lipinski definition) is 2. The molecule has 4 rings (SSSR count). The Morgan fingerprint density at radius 1 is 0.895 bits per heavy atom. The van der Waals surface area contributed by atoms with E-state index in [0.717, 1.165) is 78.6 Å². The summed E-state index contributed by atoms with van der Waals surface area (Å²) >= 11 is 1.70. The van der Waals surface area contributed by atoms with Crippen molar-refractivity contribution in [3.8, 4) is 17.0 Å². The van der Waals surface area contributed by atoms with Gasteiger partial charge in [-0.25, -0.2) is 4.98 Å². The molecule has 0 radical (unpaired) electrons. The van der Waals surface area contributed by atoms with Gasteiger partial charge < -0.3 is 20.5 Å². The Kier molecular flexibility index (Phi) is 10.4. The van der Waals surface area contributed by atoms with Crippen molar-refractivity contribution in [2.45, 2.75) is 45.3 Å². The van der Waals surface area contributed by atoms with E-state index in [2.05, 4.69) is 65.4 Å². The van der Waals surface area contributed by atoms with Crippen LogP contribution in [0.2, 0.25) is 0 Å². The molecule has 0 aliphatic carbocycles. The molecule has 38 heavy (non-hydrogen) atoms. The third kappa shape index (κ3) is 8.47. The molecule has 1 aromatic heterocycles. The molecule has 4 aromatic rings. The topological polar surface area (TPSA) is 71.6 Å². The average molecular weight is 528 g/mol. The Labute approximate surface area is 230 Å². The lowest BCUT2D eigenvalue weighted by Gasteiger charge is -2.22. The van der Waals surface area contributed by atoms with Gasteiger partial charge in [-0.05, 0) is 54.6 Å². The van der Waals surface area contributed by atoms with E-state index < -0.39 is 0 Å². The molecular formula is C32H37N3O2S. The summed E-state index contributed by atoms with van der Waals surface area (Å²) in [6.45, 7) is 6.56. The monoisotopic (exact) mass is 527 g/mol. The van der Waals surface area contributed by atoms with Crippen molar-refractivity contribution in [2.75, 3.05) is 18.0 Å². The number of rotatable bonds is 15. The molecule has 6 heteroatoms. The molecular weight excluding hydrogens is 490 g/mol. The van der Waals surface area contributed by atoms with Gasteiger partial charge in [0.05, 0.1) is 11.5 Å². The van der Waals surface area contributed by atoms with E-state index in [0.29, 0.717) is 13.0 Å². The molecule has 0 aliphatic rings. The molecule has 0 atom stereocenters. The van der Waals surface area contributed by atoms with Gasteiger partial charge >= 0.3 is 0 Å². The Morgan fingerprint density at radius 2 is 1.61 bits per heavy atom. The molecule has 3 N–H and O–H groups in total. The lowest BCUT2D eigenvalue weighted by molar-refractivity contribution is 0.306. The zero-order valence-electron chi connectivity index (χ0n) is 21.9. The number of allylic oxidation sites excluding steroid dienone is 1. The Hall–Kier alpha value is -3.61. The fraction of sp³-hybridized carbons (Fsp3) is 0.281. The van der Waals surface area contributed by atoms with Crippen molar-refractivity contribution in [2.24, 2.45) is 5.73 Å². The summed E-state index contributed by atoms with van der Waals surface area (Å²) in [4.78, 5) is 7.35. The van der Waals surface area contributed by atoms with Gasteiger partial charge in [0, 0.05) is 30.5 Å². The number of nitrogens with zero attached hydrogens (tertiary/aromatic N) is 2. The molecule has 0 saturated carbocycles. The predicted octanol–water partition coefficient (Wildman–Crippen LogP) is 7.53. The van der Waals surface area contributed by atoms with Crippen molar-refractivity contribution >= 4 is 16.5 Å². The molecule has 5 nitrogen and oxygen atoms in total. The molecule has 0 saturated heterocycles. The number of aryl methyl sites for hydroxylation is 1. The molecule has 3 aromatic carbocycles. The molecule has 0 unspecified atom stereocenters. The quantitative estimate of drug-likeness (QED) is 0.123. The average Bonchev–Trinajstić information content (AvgIpc) is 3.44. The van der Waals surface area contributed by atoms with Crippen LogP contribution in [0.25, 0.3) is 11.3 Å². The highest BCUT2D eigenvalue weighted by atomic mass is 32.1. The Morgan fingerprint density at radius 3 is 2.32 bits per heavy atom. The van der Waals surface area contributed by atoms with Gasteiger partial charge in [-0.15, -0.1) is 11.3 Å². The molecule has 198 valence electrons. The number of anilines is 1. The Balaban J connectivity index is 1.35. The van der Waals surface area contributed by atoms with Crippen LogP contribution in [0.3, 0.4) is 0 Å². The van der Waals surface area contributed by atoms with Crippen molar-refractivity contribution in [3.05, 3.63) is 113 Å². The van der Waals surface area contributed by atoms with E-state index in [1.54, 1.807) is 11.3 Å². The fourth-order valence-electron chi connectivity index (χ4n) is 4.19. The van der Waals surface area contributed by atoms with Crippen LogP contribution >= 0.6 is 11.3 Å². The molecule has 0 spiro atoms. The third-order valence-corrected chi connectivity index (χ3v) is 7.29. The minimum absolute atomic E-state index is 0.215. The number of thiazole rings is 1. The van der Waals surface area contributed by atoms with Crippen LogP contribution in [0.4, 0.5) is 5.13 Å². The standard InChI is InChI=1S/C32H37N3O2S/c1-25(36)10-11-26-16-18-30(19-17-26)37-23-28-14-12-27(13-15-28)22-35(21-7-3-6-20-33)32-34-31(24-38-32)29-8-4-2-5-9-29/h2,4-5,8-9,12-19,24,36H,1,3,6-7,10-11,20-23,33H2. The highest BCUT2D eigenvalue weighted by Crippen LogP contribution is 2.29. The van der Waals surface area contributed by atoms with Gasteiger partial charge in [0.2, 0.25) is 0 Å². The fourth-order valence-corrected chi connectivity index (χ4v) is 5.05. The summed E-state index contributed by atoms with van der Waals surface area (Å²) in [7, 11) is 0. The minimum atomic E-state index is 0.215. The van der Waals surface area contributed by atoms with Crippen LogP contribution in [-0.2, 0) is 19.6 Å². The Bertz CT molecular complexity index is 1250. The number of hydrogen-bond acceptors (Lipinski definition) is 6. The van der Waals surface area contributed by atoms with Gasteiger partial charge in [-0.1, -0.05) is 79.7 Å². The number of aromatic nitrogens is 1. The number of aliphatic hydroxyl groups excluding tert-OH is 1. The highest BCUT2D eigenvalue weighted by molar-refractivity contribution is 7.14. The van der Waals surface area contributed by atoms with E-state index in [1.165, 1.54) is 5.56 Å². The van der Waals surface area contributed by atoms with Gasteiger partial charge in [-0.2, -0.15) is 0 Å². The normalized spacial score (nSPS) is 10.9. The van der Waals surface area contributed by atoms with Crippen LogP contribution in [0.5, 0.6) is 5.75 Å². The second-order valence-electron chi connectivity index (χ2n) is 9.47. The van der Waals surface area contributed by atoms with E-state index in [1.807, 2.05) is 30.3 Å². The SMILES string of the molecule is C=C(O)CCc1ccc(OCc2ccc(CN(CCCCCN)c3nc(-c4ccccc4)cs3)cc2)cc1. The van der Waals surface area contributed by atoms with Crippen LogP contribution in [0, 0.1) is 0 Å². The highest BCUT2D eigenvalue weighted by Gasteiger charge is 2.13. The number of ether oxygens (including phenoxy) is 1. The van der Waals surface area contributed by atoms with Gasteiger partial charge in [-0.3, -0.25) is 0 Å². The summed E-state index contributed by atoms with van der Waals surface area (Å²) < 4.78 is 5.99. The van der Waals surface area contributed by atoms with Crippen molar-refractivity contribution in [1.29, 1.82) is 0 Å². The second kappa shape index (κ2) is 14.4. The minimum Gasteiger partial charge on any atom is -0.513 e. The van der Waals surface area contributed by atoms with Gasteiger partial charge in [0.1, 0.15) is 12.4 Å². The molecule has 0 amide bonds. The van der Waals surface area contributed by atoms with E-state index >= 15 is 0 Å². The maximum Gasteiger partial charge on any atom is 0.186 e. The van der Waals surface area contributed by atoms with Crippen LogP contribution in [-0.4, -0.2) is 23.2 Å². The van der Waals surface area contributed by atoms with Gasteiger partial charge in [0.15, 0.2) is 5.13 Å². The lowest BCUT2D eigenvalue weighted by atomic mass is 10.1. The van der Waals surface area contributed by atoms with Gasteiger partial charge in [0.25, 0.3) is 0 Å². The second-order valence-corrected chi connectivity index (χ2v) is 10.3. The summed E-state index contributed by atoms with van der Waals surface area (Å²) in [6.07, 6.45) is 4.62. The first-order valence-corrected chi connectivity index (χ1v) is 14.1. The van der Waals surface area contributed by atoms with Crippen LogP contribution < -0.4 is 15.4 Å². The molecule has 0 aliphatic heterocycles. The number of nitrogens with two attached hydrogens (primary N) is 1. The largest absolute Gasteiger partial charge is 0.513 e.